The van der Waals surface area contributed by atoms with Crippen molar-refractivity contribution in [1.82, 2.24) is 5.32 Å². The number of rotatable bonds is 7. The van der Waals surface area contributed by atoms with E-state index < -0.39 is 7.75 Å². The highest BCUT2D eigenvalue weighted by Crippen LogP contribution is 2.49. The maximum absolute atomic E-state index is 12.8. The average Bonchev–Trinajstić information content (AvgIpc) is 2.64. The number of nitriles is 1. The van der Waals surface area contributed by atoms with Crippen LogP contribution in [0.5, 0.6) is 11.5 Å². The largest absolute Gasteiger partial charge is 0.566 e. The molecule has 0 unspecified atom stereocenters. The zero-order valence-electron chi connectivity index (χ0n) is 15.1. The van der Waals surface area contributed by atoms with Crippen molar-refractivity contribution in [2.75, 3.05) is 6.54 Å². The molecule has 8 nitrogen and oxygen atoms in total. The first-order valence-electron chi connectivity index (χ1n) is 8.33. The fourth-order valence-corrected chi connectivity index (χ4v) is 2.92. The molecule has 0 aliphatic rings. The number of nitrogens with one attached hydrogen (secondary N) is 1. The van der Waals surface area contributed by atoms with Crippen LogP contribution in [0.3, 0.4) is 0 Å². The van der Waals surface area contributed by atoms with Gasteiger partial charge in [0.05, 0.1) is 0 Å². The van der Waals surface area contributed by atoms with Crippen LogP contribution in [-0.4, -0.2) is 12.5 Å². The maximum atomic E-state index is 12.8. The minimum absolute atomic E-state index is 0.301. The molecule has 0 aliphatic heterocycles. The molecular formula is C18H24N5O3P. The lowest BCUT2D eigenvalue weighted by atomic mass is 10.3. The number of hydrogen-bond donors (Lipinski definition) is 3. The van der Waals surface area contributed by atoms with E-state index in [-0.39, 0.29) is 5.96 Å². The monoisotopic (exact) mass is 389 g/mol. The summed E-state index contributed by atoms with van der Waals surface area (Å²) in [5.74, 6) is 0.239. The Kier molecular flexibility index (Phi) is 10.1. The van der Waals surface area contributed by atoms with Crippen molar-refractivity contribution in [3.05, 3.63) is 60.7 Å². The molecule has 0 saturated heterocycles. The van der Waals surface area contributed by atoms with Crippen LogP contribution in [-0.2, 0) is 4.57 Å². The first-order valence-corrected chi connectivity index (χ1v) is 9.82. The van der Waals surface area contributed by atoms with Gasteiger partial charge >= 0.3 is 7.75 Å². The van der Waals surface area contributed by atoms with E-state index >= 15 is 0 Å². The van der Waals surface area contributed by atoms with Crippen molar-refractivity contribution in [3.8, 4) is 17.7 Å². The van der Waals surface area contributed by atoms with Crippen molar-refractivity contribution >= 4 is 13.7 Å². The second-order valence-corrected chi connectivity index (χ2v) is 6.64. The number of hydrogen-bond acceptors (Lipinski definition) is 5. The molecule has 2 aromatic rings. The number of guanidine groups is 1. The van der Waals surface area contributed by atoms with E-state index in [4.69, 9.17) is 25.8 Å². The van der Waals surface area contributed by atoms with Crippen LogP contribution in [0.25, 0.3) is 0 Å². The van der Waals surface area contributed by atoms with Crippen LogP contribution >= 0.6 is 7.75 Å². The van der Waals surface area contributed by atoms with E-state index in [2.05, 4.69) is 17.0 Å². The van der Waals surface area contributed by atoms with Crippen LogP contribution in [0.15, 0.2) is 65.4 Å². The van der Waals surface area contributed by atoms with Crippen LogP contribution in [0, 0.1) is 11.5 Å². The molecule has 0 heterocycles. The summed E-state index contributed by atoms with van der Waals surface area (Å²) in [6.45, 7) is 2.98. The Bertz CT molecular complexity index is 731. The van der Waals surface area contributed by atoms with Gasteiger partial charge in [-0.15, -0.1) is 4.76 Å². The summed E-state index contributed by atoms with van der Waals surface area (Å²) in [5.41, 5.74) is 10.6. The highest BCUT2D eigenvalue weighted by atomic mass is 31.2. The summed E-state index contributed by atoms with van der Waals surface area (Å²) >= 11 is 0. The summed E-state index contributed by atoms with van der Waals surface area (Å²) in [5, 5.41) is 10.6. The Hall–Kier alpha value is -3.01. The smallest absolute Gasteiger partial charge is 0.399 e. The second kappa shape index (κ2) is 12.4. The summed E-state index contributed by atoms with van der Waals surface area (Å²) in [7, 11) is -4.00. The number of unbranched alkanes of at least 4 members (excludes halogenated alkanes) is 1. The van der Waals surface area contributed by atoms with Crippen LogP contribution < -0.4 is 25.8 Å². The predicted octanol–water partition coefficient (Wildman–Crippen LogP) is 3.38. The van der Waals surface area contributed by atoms with Gasteiger partial charge < -0.3 is 20.5 Å². The molecule has 0 radical (unpaired) electrons. The van der Waals surface area contributed by atoms with Gasteiger partial charge in [-0.2, -0.15) is 5.26 Å². The van der Waals surface area contributed by atoms with E-state index in [1.165, 1.54) is 12.8 Å². The number of nitrogens with zero attached hydrogens (tertiary/aromatic N) is 2. The fraction of sp³-hybridized carbons (Fsp3) is 0.222. The summed E-state index contributed by atoms with van der Waals surface area (Å²) in [6.07, 6.45) is 3.97. The lowest BCUT2D eigenvalue weighted by Crippen LogP contribution is -2.27. The summed E-state index contributed by atoms with van der Waals surface area (Å²) in [4.78, 5) is 0. The van der Waals surface area contributed by atoms with Gasteiger partial charge in [-0.3, -0.25) is 5.32 Å². The molecule has 0 saturated carbocycles. The van der Waals surface area contributed by atoms with E-state index in [0.717, 1.165) is 6.54 Å². The normalized spacial score (nSPS) is 10.8. The molecule has 0 aliphatic carbocycles. The van der Waals surface area contributed by atoms with Gasteiger partial charge in [-0.25, -0.2) is 4.57 Å². The lowest BCUT2D eigenvalue weighted by molar-refractivity contribution is 0.387. The van der Waals surface area contributed by atoms with Gasteiger partial charge in [-0.05, 0) is 37.2 Å². The standard InChI is InChI=1S/C14H13N4O3P.C4H11N/c15-11-17-14(16)18-22(19,20-12-7-3-1-4-8-12)21-13-9-5-2-6-10-13;1-2-3-4-5/h1-10H,(H3,16,17,18,19);2-5H2,1H3. The Morgan fingerprint density at radius 1 is 1.11 bits per heavy atom. The maximum Gasteiger partial charge on any atom is 0.566 e. The minimum Gasteiger partial charge on any atom is -0.399 e. The number of nitrogens with two attached hydrogens (primary N) is 2. The topological polar surface area (TPSA) is 136 Å². The highest BCUT2D eigenvalue weighted by molar-refractivity contribution is 7.53. The predicted molar refractivity (Wildman–Crippen MR) is 106 cm³/mol. The molecule has 2 rings (SSSR count). The SMILES string of the molecule is CCCCN.N#CN/C(N)=N/P(=O)(Oc1ccccc1)Oc1ccccc1. The fourth-order valence-electron chi connectivity index (χ4n) is 1.71. The third-order valence-corrected chi connectivity index (χ3v) is 4.24. The third kappa shape index (κ3) is 9.31. The lowest BCUT2D eigenvalue weighted by Gasteiger charge is -2.16. The van der Waals surface area contributed by atoms with Crippen LogP contribution in [0.2, 0.25) is 0 Å². The van der Waals surface area contributed by atoms with E-state index in [0.29, 0.717) is 11.5 Å². The molecule has 27 heavy (non-hydrogen) atoms. The number of benzene rings is 2. The van der Waals surface area contributed by atoms with Gasteiger partial charge in [-0.1, -0.05) is 49.7 Å². The zero-order chi connectivity index (χ0) is 20.0. The molecule has 0 fully saturated rings. The van der Waals surface area contributed by atoms with Crippen molar-refractivity contribution < 1.29 is 13.6 Å². The molecule has 0 bridgehead atoms. The van der Waals surface area contributed by atoms with Crippen LogP contribution in [0.1, 0.15) is 19.8 Å². The zero-order valence-corrected chi connectivity index (χ0v) is 16.0. The average molecular weight is 389 g/mol. The minimum atomic E-state index is -4.00. The Morgan fingerprint density at radius 2 is 1.59 bits per heavy atom. The summed E-state index contributed by atoms with van der Waals surface area (Å²) < 4.78 is 27.1. The molecule has 0 atom stereocenters. The molecule has 0 amide bonds. The Balaban J connectivity index is 0.000000646. The van der Waals surface area contributed by atoms with Gasteiger partial charge in [0, 0.05) is 0 Å². The van der Waals surface area contributed by atoms with E-state index in [1.54, 1.807) is 66.9 Å². The first kappa shape index (κ1) is 22.0. The van der Waals surface area contributed by atoms with Crippen LogP contribution in [0.4, 0.5) is 0 Å². The molecule has 0 spiro atoms. The van der Waals surface area contributed by atoms with Crippen molar-refractivity contribution in [2.45, 2.75) is 19.8 Å². The molecule has 144 valence electrons. The van der Waals surface area contributed by atoms with Gasteiger partial charge in [0.25, 0.3) is 0 Å². The molecule has 0 aromatic heterocycles. The Morgan fingerprint density at radius 3 is 1.93 bits per heavy atom. The van der Waals surface area contributed by atoms with E-state index in [1.807, 2.05) is 0 Å². The second-order valence-electron chi connectivity index (χ2n) is 5.14. The van der Waals surface area contributed by atoms with Gasteiger partial charge in [0.1, 0.15) is 11.5 Å². The van der Waals surface area contributed by atoms with E-state index in [9.17, 15) is 4.57 Å². The number of para-hydroxylation sites is 2. The highest BCUT2D eigenvalue weighted by Gasteiger charge is 2.29. The first-order chi connectivity index (χ1) is 13.0. The van der Waals surface area contributed by atoms with Crippen molar-refractivity contribution in [3.63, 3.8) is 0 Å². The summed E-state index contributed by atoms with van der Waals surface area (Å²) in [6, 6.07) is 16.8. The molecular weight excluding hydrogens is 365 g/mol. The molecule has 2 aromatic carbocycles. The van der Waals surface area contributed by atoms with Crippen molar-refractivity contribution in [1.29, 1.82) is 5.26 Å². The Labute approximate surface area is 159 Å². The molecule has 5 N–H and O–H groups in total. The van der Waals surface area contributed by atoms with Gasteiger partial charge in [0.15, 0.2) is 6.19 Å². The quantitative estimate of drug-likeness (QED) is 0.217. The molecule has 9 heteroatoms. The van der Waals surface area contributed by atoms with Crippen molar-refractivity contribution in [2.24, 2.45) is 16.2 Å². The van der Waals surface area contributed by atoms with Gasteiger partial charge in [0.2, 0.25) is 5.96 Å². The third-order valence-electron chi connectivity index (χ3n) is 2.90.